The third-order valence-corrected chi connectivity index (χ3v) is 4.39. The van der Waals surface area contributed by atoms with Gasteiger partial charge in [0.15, 0.2) is 5.82 Å². The van der Waals surface area contributed by atoms with Crippen LogP contribution in [0.3, 0.4) is 0 Å². The van der Waals surface area contributed by atoms with Crippen LogP contribution in [0.15, 0.2) is 28.8 Å². The second-order valence-corrected chi connectivity index (χ2v) is 5.98. The fraction of sp³-hybridized carbons (Fsp3) is 0.500. The Morgan fingerprint density at radius 3 is 2.95 bits per heavy atom. The van der Waals surface area contributed by atoms with Gasteiger partial charge in [0, 0.05) is 5.92 Å². The van der Waals surface area contributed by atoms with Crippen molar-refractivity contribution in [3.63, 3.8) is 0 Å². The Bertz CT molecular complexity index is 581. The summed E-state index contributed by atoms with van der Waals surface area (Å²) in [6.07, 6.45) is 5.04. The van der Waals surface area contributed by atoms with E-state index in [2.05, 4.69) is 41.3 Å². The average Bonchev–Trinajstić information content (AvgIpc) is 2.97. The van der Waals surface area contributed by atoms with Crippen LogP contribution in [-0.4, -0.2) is 10.1 Å². The van der Waals surface area contributed by atoms with Gasteiger partial charge in [0.05, 0.1) is 5.38 Å². The van der Waals surface area contributed by atoms with Gasteiger partial charge < -0.3 is 4.52 Å². The standard InChI is InChI=1S/C16H19ClN2O/c1-2-5-14(17)15-18-16(20-19-15)13-9-8-11-6-3-4-7-12(11)10-13/h3-4,6-7,13-14H,2,5,8-10H2,1H3. The molecule has 4 heteroatoms. The van der Waals surface area contributed by atoms with Crippen molar-refractivity contribution in [1.82, 2.24) is 10.1 Å². The monoisotopic (exact) mass is 290 g/mol. The van der Waals surface area contributed by atoms with Gasteiger partial charge in [-0.3, -0.25) is 0 Å². The summed E-state index contributed by atoms with van der Waals surface area (Å²) in [4.78, 5) is 4.52. The number of halogens is 1. The van der Waals surface area contributed by atoms with Gasteiger partial charge in [0.25, 0.3) is 0 Å². The fourth-order valence-electron chi connectivity index (χ4n) is 2.83. The maximum Gasteiger partial charge on any atom is 0.230 e. The fourth-order valence-corrected chi connectivity index (χ4v) is 3.14. The molecule has 3 rings (SSSR count). The van der Waals surface area contributed by atoms with Crippen LogP contribution in [0.4, 0.5) is 0 Å². The van der Waals surface area contributed by atoms with Gasteiger partial charge >= 0.3 is 0 Å². The molecule has 2 aromatic rings. The molecule has 0 saturated carbocycles. The smallest absolute Gasteiger partial charge is 0.230 e. The Labute approximate surface area is 124 Å². The van der Waals surface area contributed by atoms with Crippen molar-refractivity contribution in [3.05, 3.63) is 47.1 Å². The van der Waals surface area contributed by atoms with Crippen molar-refractivity contribution in [2.24, 2.45) is 0 Å². The molecule has 0 saturated heterocycles. The average molecular weight is 291 g/mol. The zero-order chi connectivity index (χ0) is 13.9. The first-order chi connectivity index (χ1) is 9.78. The molecule has 1 aromatic carbocycles. The van der Waals surface area contributed by atoms with E-state index in [4.69, 9.17) is 16.1 Å². The molecule has 1 heterocycles. The third-order valence-electron chi connectivity index (χ3n) is 3.98. The van der Waals surface area contributed by atoms with E-state index in [1.165, 1.54) is 11.1 Å². The minimum absolute atomic E-state index is 0.131. The predicted molar refractivity (Wildman–Crippen MR) is 79.0 cm³/mol. The number of hydrogen-bond acceptors (Lipinski definition) is 3. The molecule has 1 aliphatic rings. The van der Waals surface area contributed by atoms with Crippen LogP contribution in [0.1, 0.15) is 60.3 Å². The first-order valence-corrected chi connectivity index (χ1v) is 7.76. The maximum absolute atomic E-state index is 6.25. The van der Waals surface area contributed by atoms with E-state index in [1.807, 2.05) is 0 Å². The van der Waals surface area contributed by atoms with Crippen LogP contribution >= 0.6 is 11.6 Å². The minimum Gasteiger partial charge on any atom is -0.339 e. The SMILES string of the molecule is CCCC(Cl)c1noc(C2CCc3ccccc3C2)n1. The molecule has 2 atom stereocenters. The summed E-state index contributed by atoms with van der Waals surface area (Å²) >= 11 is 6.25. The summed E-state index contributed by atoms with van der Waals surface area (Å²) in [6.45, 7) is 2.11. The highest BCUT2D eigenvalue weighted by molar-refractivity contribution is 6.20. The molecule has 0 aliphatic heterocycles. The lowest BCUT2D eigenvalue weighted by Gasteiger charge is -2.21. The summed E-state index contributed by atoms with van der Waals surface area (Å²) in [5.74, 6) is 1.72. The Hall–Kier alpha value is -1.35. The number of alkyl halides is 1. The maximum atomic E-state index is 6.25. The minimum atomic E-state index is -0.131. The molecule has 0 spiro atoms. The van der Waals surface area contributed by atoms with Crippen LogP contribution in [-0.2, 0) is 12.8 Å². The van der Waals surface area contributed by atoms with Gasteiger partial charge in [-0.2, -0.15) is 4.98 Å². The molecule has 2 unspecified atom stereocenters. The highest BCUT2D eigenvalue weighted by Gasteiger charge is 2.25. The van der Waals surface area contributed by atoms with Gasteiger partial charge in [0.1, 0.15) is 0 Å². The Balaban J connectivity index is 1.75. The zero-order valence-electron chi connectivity index (χ0n) is 11.7. The number of hydrogen-bond donors (Lipinski definition) is 0. The largest absolute Gasteiger partial charge is 0.339 e. The molecule has 3 nitrogen and oxygen atoms in total. The van der Waals surface area contributed by atoms with E-state index in [-0.39, 0.29) is 5.38 Å². The predicted octanol–water partition coefficient (Wildman–Crippen LogP) is 4.42. The van der Waals surface area contributed by atoms with Crippen molar-refractivity contribution in [2.75, 3.05) is 0 Å². The lowest BCUT2D eigenvalue weighted by Crippen LogP contribution is -2.13. The van der Waals surface area contributed by atoms with E-state index in [0.717, 1.165) is 38.0 Å². The molecule has 20 heavy (non-hydrogen) atoms. The number of nitrogens with zero attached hydrogens (tertiary/aromatic N) is 2. The highest BCUT2D eigenvalue weighted by Crippen LogP contribution is 2.33. The molecular weight excluding hydrogens is 272 g/mol. The van der Waals surface area contributed by atoms with Crippen LogP contribution in [0, 0.1) is 0 Å². The highest BCUT2D eigenvalue weighted by atomic mass is 35.5. The zero-order valence-corrected chi connectivity index (χ0v) is 12.4. The van der Waals surface area contributed by atoms with E-state index in [9.17, 15) is 0 Å². The first kappa shape index (κ1) is 13.6. The lowest BCUT2D eigenvalue weighted by atomic mass is 9.84. The number of benzene rings is 1. The summed E-state index contributed by atoms with van der Waals surface area (Å²) in [5.41, 5.74) is 2.85. The van der Waals surface area contributed by atoms with Crippen molar-refractivity contribution in [3.8, 4) is 0 Å². The second-order valence-electron chi connectivity index (χ2n) is 5.46. The molecule has 1 aliphatic carbocycles. The molecule has 0 N–H and O–H groups in total. The molecule has 0 radical (unpaired) electrons. The molecule has 0 bridgehead atoms. The number of fused-ring (bicyclic) bond motifs is 1. The van der Waals surface area contributed by atoms with Gasteiger partial charge in [0.2, 0.25) is 5.89 Å². The van der Waals surface area contributed by atoms with Crippen molar-refractivity contribution in [2.45, 2.75) is 50.3 Å². The van der Waals surface area contributed by atoms with E-state index >= 15 is 0 Å². The second kappa shape index (κ2) is 5.96. The Kier molecular flexibility index (Phi) is 4.06. The number of aromatic nitrogens is 2. The number of aryl methyl sites for hydroxylation is 1. The molecular formula is C16H19ClN2O. The summed E-state index contributed by atoms with van der Waals surface area (Å²) in [6, 6.07) is 8.60. The molecule has 0 fully saturated rings. The molecule has 1 aromatic heterocycles. The van der Waals surface area contributed by atoms with Gasteiger partial charge in [-0.1, -0.05) is 42.8 Å². The van der Waals surface area contributed by atoms with Gasteiger partial charge in [-0.05, 0) is 36.8 Å². The van der Waals surface area contributed by atoms with E-state index < -0.39 is 0 Å². The Morgan fingerprint density at radius 2 is 2.15 bits per heavy atom. The van der Waals surface area contributed by atoms with Crippen LogP contribution in [0.2, 0.25) is 0 Å². The normalized spacial score (nSPS) is 19.6. The van der Waals surface area contributed by atoms with Crippen LogP contribution in [0.5, 0.6) is 0 Å². The van der Waals surface area contributed by atoms with Crippen LogP contribution in [0.25, 0.3) is 0 Å². The van der Waals surface area contributed by atoms with Crippen molar-refractivity contribution in [1.29, 1.82) is 0 Å². The van der Waals surface area contributed by atoms with Gasteiger partial charge in [-0.15, -0.1) is 11.6 Å². The molecule has 0 amide bonds. The van der Waals surface area contributed by atoms with Crippen LogP contribution < -0.4 is 0 Å². The molecule has 106 valence electrons. The summed E-state index contributed by atoms with van der Waals surface area (Å²) in [7, 11) is 0. The Morgan fingerprint density at radius 1 is 1.35 bits per heavy atom. The topological polar surface area (TPSA) is 38.9 Å². The number of rotatable bonds is 4. The summed E-state index contributed by atoms with van der Waals surface area (Å²) in [5, 5.41) is 3.92. The van der Waals surface area contributed by atoms with Gasteiger partial charge in [-0.25, -0.2) is 0 Å². The summed E-state index contributed by atoms with van der Waals surface area (Å²) < 4.78 is 5.44. The lowest BCUT2D eigenvalue weighted by molar-refractivity contribution is 0.337. The van der Waals surface area contributed by atoms with Crippen molar-refractivity contribution < 1.29 is 4.52 Å². The third kappa shape index (κ3) is 2.73. The van der Waals surface area contributed by atoms with E-state index in [1.54, 1.807) is 0 Å². The first-order valence-electron chi connectivity index (χ1n) is 7.32. The van der Waals surface area contributed by atoms with Crippen molar-refractivity contribution >= 4 is 11.6 Å². The quantitative estimate of drug-likeness (QED) is 0.782. The van der Waals surface area contributed by atoms with E-state index in [0.29, 0.717) is 11.7 Å².